The molecule has 0 fully saturated rings. The van der Waals surface area contributed by atoms with Crippen molar-refractivity contribution in [2.24, 2.45) is 0 Å². The molecular weight excluding hydrogens is 224 g/mol. The predicted octanol–water partition coefficient (Wildman–Crippen LogP) is -0.0138. The quantitative estimate of drug-likeness (QED) is 0.605. The highest BCUT2D eigenvalue weighted by Gasteiger charge is 2.04. The van der Waals surface area contributed by atoms with E-state index < -0.39 is 12.6 Å². The van der Waals surface area contributed by atoms with Gasteiger partial charge in [-0.25, -0.2) is 4.79 Å². The first-order chi connectivity index (χ1) is 8.09. The number of para-hydroxylation sites is 1. The van der Waals surface area contributed by atoms with E-state index in [0.29, 0.717) is 12.2 Å². The molecule has 0 bridgehead atoms. The molecule has 1 aromatic carbocycles. The van der Waals surface area contributed by atoms with Crippen LogP contribution in [0.4, 0.5) is 5.69 Å². The Hall–Kier alpha value is -2.08. The highest BCUT2D eigenvalue weighted by Crippen LogP contribution is 2.09. The van der Waals surface area contributed by atoms with Gasteiger partial charge in [-0.2, -0.15) is 0 Å². The van der Waals surface area contributed by atoms with Crippen molar-refractivity contribution in [2.75, 3.05) is 18.9 Å². The molecule has 92 valence electrons. The maximum absolute atomic E-state index is 11.2. The van der Waals surface area contributed by atoms with Crippen molar-refractivity contribution < 1.29 is 19.4 Å². The number of rotatable bonds is 6. The number of hydrogen-bond donors (Lipinski definition) is 3. The fourth-order valence-corrected chi connectivity index (χ4v) is 1.17. The Morgan fingerprint density at radius 1 is 1.29 bits per heavy atom. The fourth-order valence-electron chi connectivity index (χ4n) is 1.17. The van der Waals surface area contributed by atoms with Crippen molar-refractivity contribution in [1.82, 2.24) is 5.32 Å². The number of carboxylic acid groups (broad SMARTS) is 1. The summed E-state index contributed by atoms with van der Waals surface area (Å²) in [7, 11) is 0. The monoisotopic (exact) mass is 238 g/mol. The van der Waals surface area contributed by atoms with Crippen molar-refractivity contribution in [2.45, 2.75) is 6.54 Å². The number of carbonyl (C=O) groups excluding carboxylic acids is 1. The lowest BCUT2D eigenvalue weighted by atomic mass is 10.2. The molecule has 4 N–H and O–H groups in total. The minimum absolute atomic E-state index is 0.279. The molecule has 0 spiro atoms. The van der Waals surface area contributed by atoms with Gasteiger partial charge >= 0.3 is 5.97 Å². The largest absolute Gasteiger partial charge is 0.480 e. The molecule has 0 aromatic heterocycles. The van der Waals surface area contributed by atoms with Crippen molar-refractivity contribution >= 4 is 17.6 Å². The Bertz CT molecular complexity index is 406. The normalized spacial score (nSPS) is 9.88. The van der Waals surface area contributed by atoms with Crippen LogP contribution in [0.15, 0.2) is 24.3 Å². The van der Waals surface area contributed by atoms with Gasteiger partial charge in [0.25, 0.3) is 0 Å². The topological polar surface area (TPSA) is 102 Å². The second-order valence-corrected chi connectivity index (χ2v) is 3.36. The Labute approximate surface area is 98.4 Å². The van der Waals surface area contributed by atoms with Crippen LogP contribution in [0.3, 0.4) is 0 Å². The third-order valence-corrected chi connectivity index (χ3v) is 1.99. The van der Waals surface area contributed by atoms with Crippen LogP contribution >= 0.6 is 0 Å². The zero-order valence-electron chi connectivity index (χ0n) is 9.18. The molecule has 0 aliphatic carbocycles. The van der Waals surface area contributed by atoms with E-state index in [1.165, 1.54) is 0 Å². The molecule has 0 radical (unpaired) electrons. The van der Waals surface area contributed by atoms with Gasteiger partial charge in [-0.15, -0.1) is 0 Å². The van der Waals surface area contributed by atoms with Gasteiger partial charge in [-0.1, -0.05) is 18.2 Å². The van der Waals surface area contributed by atoms with E-state index in [-0.39, 0.29) is 12.5 Å². The van der Waals surface area contributed by atoms with Crippen LogP contribution in [-0.4, -0.2) is 30.2 Å². The molecule has 17 heavy (non-hydrogen) atoms. The Balaban J connectivity index is 2.29. The van der Waals surface area contributed by atoms with Crippen molar-refractivity contribution in [3.8, 4) is 0 Å². The Morgan fingerprint density at radius 2 is 2.00 bits per heavy atom. The molecule has 0 atom stereocenters. The van der Waals surface area contributed by atoms with E-state index in [0.717, 1.165) is 5.56 Å². The molecule has 0 unspecified atom stereocenters. The Kier molecular flexibility index (Phi) is 4.96. The molecule has 0 saturated heterocycles. The summed E-state index contributed by atoms with van der Waals surface area (Å²) in [5, 5.41) is 10.9. The number of anilines is 1. The summed E-state index contributed by atoms with van der Waals surface area (Å²) in [6.45, 7) is -0.470. The van der Waals surface area contributed by atoms with Crippen molar-refractivity contribution in [3.05, 3.63) is 29.8 Å². The van der Waals surface area contributed by atoms with Gasteiger partial charge in [-0.3, -0.25) is 4.79 Å². The second-order valence-electron chi connectivity index (χ2n) is 3.36. The number of hydrogen-bond acceptors (Lipinski definition) is 4. The summed E-state index contributed by atoms with van der Waals surface area (Å²) in [4.78, 5) is 21.4. The first-order valence-electron chi connectivity index (χ1n) is 4.99. The standard InChI is InChI=1S/C11H14N2O4/c12-9-4-2-1-3-8(9)5-13-10(14)6-17-7-11(15)16/h1-4H,5-7,12H2,(H,13,14)(H,15,16). The summed E-state index contributed by atoms with van der Waals surface area (Å²) >= 11 is 0. The van der Waals surface area contributed by atoms with Gasteiger partial charge in [0.2, 0.25) is 5.91 Å². The molecule has 1 amide bonds. The lowest BCUT2D eigenvalue weighted by Crippen LogP contribution is -2.28. The molecule has 1 rings (SSSR count). The highest BCUT2D eigenvalue weighted by atomic mass is 16.5. The van der Waals surface area contributed by atoms with Gasteiger partial charge in [0.1, 0.15) is 13.2 Å². The molecular formula is C11H14N2O4. The van der Waals surface area contributed by atoms with Gasteiger partial charge in [0.15, 0.2) is 0 Å². The van der Waals surface area contributed by atoms with Crippen molar-refractivity contribution in [1.29, 1.82) is 0 Å². The number of carboxylic acids is 1. The first kappa shape index (κ1) is 13.0. The SMILES string of the molecule is Nc1ccccc1CNC(=O)COCC(=O)O. The number of nitrogens with two attached hydrogens (primary N) is 1. The van der Waals surface area contributed by atoms with Gasteiger partial charge in [-0.05, 0) is 11.6 Å². The van der Waals surface area contributed by atoms with E-state index in [1.807, 2.05) is 6.07 Å². The van der Waals surface area contributed by atoms with Gasteiger partial charge in [0, 0.05) is 12.2 Å². The molecule has 0 aliphatic rings. The smallest absolute Gasteiger partial charge is 0.329 e. The second kappa shape index (κ2) is 6.49. The van der Waals surface area contributed by atoms with Crippen LogP contribution in [-0.2, 0) is 20.9 Å². The highest BCUT2D eigenvalue weighted by molar-refractivity contribution is 5.77. The minimum Gasteiger partial charge on any atom is -0.480 e. The first-order valence-corrected chi connectivity index (χ1v) is 4.99. The zero-order chi connectivity index (χ0) is 12.7. The maximum Gasteiger partial charge on any atom is 0.329 e. The minimum atomic E-state index is -1.11. The van der Waals surface area contributed by atoms with Crippen LogP contribution < -0.4 is 11.1 Å². The summed E-state index contributed by atoms with van der Waals surface area (Å²) in [5.74, 6) is -1.49. The van der Waals surface area contributed by atoms with E-state index in [2.05, 4.69) is 10.1 Å². The van der Waals surface area contributed by atoms with Crippen LogP contribution in [0.2, 0.25) is 0 Å². The lowest BCUT2D eigenvalue weighted by molar-refractivity contribution is -0.143. The van der Waals surface area contributed by atoms with Crippen LogP contribution in [0.1, 0.15) is 5.56 Å². The summed E-state index contributed by atoms with van der Waals surface area (Å²) < 4.78 is 4.63. The summed E-state index contributed by atoms with van der Waals surface area (Å²) in [5.41, 5.74) is 7.09. The number of benzene rings is 1. The van der Waals surface area contributed by atoms with Gasteiger partial charge < -0.3 is 20.9 Å². The Morgan fingerprint density at radius 3 is 2.65 bits per heavy atom. The number of nitrogen functional groups attached to an aromatic ring is 1. The third kappa shape index (κ3) is 4.98. The number of nitrogens with one attached hydrogen (secondary N) is 1. The van der Waals surface area contributed by atoms with E-state index in [1.54, 1.807) is 18.2 Å². The molecule has 6 heteroatoms. The summed E-state index contributed by atoms with van der Waals surface area (Å²) in [6.07, 6.45) is 0. The number of ether oxygens (including phenoxy) is 1. The van der Waals surface area contributed by atoms with E-state index >= 15 is 0 Å². The number of amides is 1. The van der Waals surface area contributed by atoms with E-state index in [4.69, 9.17) is 10.8 Å². The average Bonchev–Trinajstić information content (AvgIpc) is 2.27. The molecule has 1 aromatic rings. The van der Waals surface area contributed by atoms with Crippen LogP contribution in [0.25, 0.3) is 0 Å². The average molecular weight is 238 g/mol. The molecule has 6 nitrogen and oxygen atoms in total. The zero-order valence-corrected chi connectivity index (χ0v) is 9.18. The van der Waals surface area contributed by atoms with Crippen LogP contribution in [0.5, 0.6) is 0 Å². The predicted molar refractivity (Wildman–Crippen MR) is 61.2 cm³/mol. The number of aliphatic carboxylic acids is 1. The molecule has 0 aliphatic heterocycles. The summed E-state index contributed by atoms with van der Waals surface area (Å²) in [6, 6.07) is 7.16. The maximum atomic E-state index is 11.2. The molecule has 0 heterocycles. The van der Waals surface area contributed by atoms with Crippen molar-refractivity contribution in [3.63, 3.8) is 0 Å². The lowest BCUT2D eigenvalue weighted by Gasteiger charge is -2.07. The van der Waals surface area contributed by atoms with E-state index in [9.17, 15) is 9.59 Å². The molecule has 0 saturated carbocycles. The third-order valence-electron chi connectivity index (χ3n) is 1.99. The number of carbonyl (C=O) groups is 2. The van der Waals surface area contributed by atoms with Gasteiger partial charge in [0.05, 0.1) is 0 Å². The van der Waals surface area contributed by atoms with Crippen LogP contribution in [0, 0.1) is 0 Å². The fraction of sp³-hybridized carbons (Fsp3) is 0.273.